The molecular weight excluding hydrogens is 252 g/mol. The van der Waals surface area contributed by atoms with Crippen LogP contribution >= 0.6 is 0 Å². The van der Waals surface area contributed by atoms with Crippen LogP contribution in [0.3, 0.4) is 0 Å². The molecule has 0 saturated heterocycles. The third-order valence-corrected chi connectivity index (χ3v) is 3.45. The molecule has 0 aliphatic rings. The number of nitrogens with one attached hydrogen (secondary N) is 2. The summed E-state index contributed by atoms with van der Waals surface area (Å²) >= 11 is 0. The first-order valence-corrected chi connectivity index (χ1v) is 6.49. The van der Waals surface area contributed by atoms with Crippen LogP contribution in [-0.2, 0) is 11.3 Å². The van der Waals surface area contributed by atoms with Crippen molar-refractivity contribution in [1.82, 2.24) is 20.1 Å². The van der Waals surface area contributed by atoms with E-state index in [9.17, 15) is 4.79 Å². The summed E-state index contributed by atoms with van der Waals surface area (Å²) in [4.78, 5) is 14.7. The zero-order chi connectivity index (χ0) is 14.1. The molecule has 0 atom stereocenters. The van der Waals surface area contributed by atoms with E-state index in [1.807, 2.05) is 18.5 Å². The predicted octanol–water partition coefficient (Wildman–Crippen LogP) is 2.09. The maximum Gasteiger partial charge on any atom is 0.241 e. The number of carbonyl (C=O) groups is 1. The number of benzene rings is 1. The highest BCUT2D eigenvalue weighted by Gasteiger charge is 2.10. The van der Waals surface area contributed by atoms with E-state index in [2.05, 4.69) is 34.5 Å². The number of hydrogen-bond acceptors (Lipinski definition) is 2. The molecule has 0 bridgehead atoms. The Morgan fingerprint density at radius 3 is 3.10 bits per heavy atom. The second kappa shape index (κ2) is 4.85. The smallest absolute Gasteiger partial charge is 0.241 e. The fourth-order valence-electron chi connectivity index (χ4n) is 2.36. The molecule has 2 aromatic heterocycles. The zero-order valence-corrected chi connectivity index (χ0v) is 11.5. The molecule has 0 aliphatic carbocycles. The highest BCUT2D eigenvalue weighted by atomic mass is 16.1. The Morgan fingerprint density at radius 2 is 2.30 bits per heavy atom. The van der Waals surface area contributed by atoms with E-state index >= 15 is 0 Å². The number of likely N-dealkylation sites (N-methyl/N-ethyl adjacent to an activating group) is 1. The highest BCUT2D eigenvalue weighted by Crippen LogP contribution is 2.29. The fraction of sp³-hybridized carbons (Fsp3) is 0.200. The van der Waals surface area contributed by atoms with E-state index in [1.165, 1.54) is 10.9 Å². The molecule has 20 heavy (non-hydrogen) atoms. The molecule has 5 nitrogen and oxygen atoms in total. The van der Waals surface area contributed by atoms with Crippen molar-refractivity contribution in [3.8, 4) is 11.1 Å². The van der Waals surface area contributed by atoms with Crippen molar-refractivity contribution >= 4 is 16.8 Å². The van der Waals surface area contributed by atoms with E-state index in [0.717, 1.165) is 16.6 Å². The average molecular weight is 268 g/mol. The lowest BCUT2D eigenvalue weighted by Gasteiger charge is -1.99. The summed E-state index contributed by atoms with van der Waals surface area (Å²) in [7, 11) is 1.62. The van der Waals surface area contributed by atoms with Gasteiger partial charge in [-0.3, -0.25) is 9.48 Å². The van der Waals surface area contributed by atoms with Gasteiger partial charge in [-0.25, -0.2) is 0 Å². The standard InChI is InChI=1S/C15H16N4O/c1-10-4-3-5-12-13(7-17-15(10)12)11-6-18-19(8-11)9-14(20)16-2/h3-8,17H,9H2,1-2H3,(H,16,20). The number of amides is 1. The van der Waals surface area contributed by atoms with Gasteiger partial charge in [0.15, 0.2) is 0 Å². The van der Waals surface area contributed by atoms with Gasteiger partial charge in [-0.1, -0.05) is 18.2 Å². The number of H-pyrrole nitrogens is 1. The maximum atomic E-state index is 11.4. The highest BCUT2D eigenvalue weighted by molar-refractivity contribution is 5.96. The Bertz CT molecular complexity index is 769. The van der Waals surface area contributed by atoms with Gasteiger partial charge in [-0.05, 0) is 12.5 Å². The molecule has 3 aromatic rings. The fourth-order valence-corrected chi connectivity index (χ4v) is 2.36. The summed E-state index contributed by atoms with van der Waals surface area (Å²) in [5.74, 6) is -0.0607. The van der Waals surface area contributed by atoms with Crippen LogP contribution in [0.4, 0.5) is 0 Å². The molecule has 1 aromatic carbocycles. The van der Waals surface area contributed by atoms with Crippen LogP contribution in [0.5, 0.6) is 0 Å². The molecule has 5 heteroatoms. The second-order valence-electron chi connectivity index (χ2n) is 4.80. The number of aryl methyl sites for hydroxylation is 1. The van der Waals surface area contributed by atoms with Gasteiger partial charge in [-0.15, -0.1) is 0 Å². The van der Waals surface area contributed by atoms with Gasteiger partial charge in [-0.2, -0.15) is 5.10 Å². The van der Waals surface area contributed by atoms with Gasteiger partial charge in [0.25, 0.3) is 0 Å². The SMILES string of the molecule is CNC(=O)Cn1cc(-c2c[nH]c3c(C)cccc23)cn1. The largest absolute Gasteiger partial charge is 0.360 e. The van der Waals surface area contributed by atoms with Crippen molar-refractivity contribution in [1.29, 1.82) is 0 Å². The third-order valence-electron chi connectivity index (χ3n) is 3.45. The van der Waals surface area contributed by atoms with Crippen molar-refractivity contribution < 1.29 is 4.79 Å². The lowest BCUT2D eigenvalue weighted by molar-refractivity contribution is -0.121. The van der Waals surface area contributed by atoms with Gasteiger partial charge in [0.05, 0.1) is 6.20 Å². The van der Waals surface area contributed by atoms with E-state index in [0.29, 0.717) is 0 Å². The van der Waals surface area contributed by atoms with E-state index in [4.69, 9.17) is 0 Å². The molecular formula is C15H16N4O. The van der Waals surface area contributed by atoms with Crippen molar-refractivity contribution in [2.45, 2.75) is 13.5 Å². The molecule has 2 heterocycles. The minimum atomic E-state index is -0.0607. The number of aromatic amines is 1. The Balaban J connectivity index is 1.99. The van der Waals surface area contributed by atoms with E-state index in [1.54, 1.807) is 17.9 Å². The molecule has 0 radical (unpaired) electrons. The number of fused-ring (bicyclic) bond motifs is 1. The predicted molar refractivity (Wildman–Crippen MR) is 78.3 cm³/mol. The van der Waals surface area contributed by atoms with Crippen molar-refractivity contribution in [3.63, 3.8) is 0 Å². The first kappa shape index (κ1) is 12.5. The Labute approximate surface area is 116 Å². The lowest BCUT2D eigenvalue weighted by Crippen LogP contribution is -2.23. The van der Waals surface area contributed by atoms with E-state index in [-0.39, 0.29) is 12.5 Å². The molecule has 1 amide bonds. The number of rotatable bonds is 3. The number of carbonyl (C=O) groups excluding carboxylic acids is 1. The summed E-state index contributed by atoms with van der Waals surface area (Å²) in [6.45, 7) is 2.31. The van der Waals surface area contributed by atoms with Crippen LogP contribution in [0.2, 0.25) is 0 Å². The number of para-hydroxylation sites is 1. The Hall–Kier alpha value is -2.56. The number of nitrogens with zero attached hydrogens (tertiary/aromatic N) is 2. The summed E-state index contributed by atoms with van der Waals surface area (Å²) in [5, 5.41) is 7.99. The minimum absolute atomic E-state index is 0.0607. The van der Waals surface area contributed by atoms with Crippen LogP contribution in [0.15, 0.2) is 36.8 Å². The molecule has 0 spiro atoms. The van der Waals surface area contributed by atoms with Crippen LogP contribution < -0.4 is 5.32 Å². The Morgan fingerprint density at radius 1 is 1.45 bits per heavy atom. The average Bonchev–Trinajstić information content (AvgIpc) is 3.05. The zero-order valence-electron chi connectivity index (χ0n) is 11.5. The monoisotopic (exact) mass is 268 g/mol. The number of aromatic nitrogens is 3. The summed E-state index contributed by atoms with van der Waals surface area (Å²) in [6.07, 6.45) is 5.66. The van der Waals surface area contributed by atoms with Crippen LogP contribution in [0.1, 0.15) is 5.56 Å². The van der Waals surface area contributed by atoms with Crippen LogP contribution in [-0.4, -0.2) is 27.7 Å². The summed E-state index contributed by atoms with van der Waals surface area (Å²) in [6, 6.07) is 6.21. The molecule has 0 unspecified atom stereocenters. The van der Waals surface area contributed by atoms with Crippen LogP contribution in [0.25, 0.3) is 22.0 Å². The quantitative estimate of drug-likeness (QED) is 0.764. The first-order valence-electron chi connectivity index (χ1n) is 6.49. The maximum absolute atomic E-state index is 11.4. The third kappa shape index (κ3) is 2.07. The minimum Gasteiger partial charge on any atom is -0.360 e. The van der Waals surface area contributed by atoms with Gasteiger partial charge in [0, 0.05) is 41.5 Å². The van der Waals surface area contributed by atoms with E-state index < -0.39 is 0 Å². The van der Waals surface area contributed by atoms with Crippen molar-refractivity contribution in [3.05, 3.63) is 42.4 Å². The van der Waals surface area contributed by atoms with Crippen LogP contribution in [0, 0.1) is 6.92 Å². The van der Waals surface area contributed by atoms with Gasteiger partial charge < -0.3 is 10.3 Å². The molecule has 0 saturated carbocycles. The molecule has 0 fully saturated rings. The summed E-state index contributed by atoms with van der Waals surface area (Å²) < 4.78 is 1.64. The Kier molecular flexibility index (Phi) is 3.02. The second-order valence-corrected chi connectivity index (χ2v) is 4.80. The summed E-state index contributed by atoms with van der Waals surface area (Å²) in [5.41, 5.74) is 4.46. The van der Waals surface area contributed by atoms with Gasteiger partial charge >= 0.3 is 0 Å². The molecule has 102 valence electrons. The van der Waals surface area contributed by atoms with Gasteiger partial charge in [0.2, 0.25) is 5.91 Å². The number of hydrogen-bond donors (Lipinski definition) is 2. The molecule has 3 rings (SSSR count). The van der Waals surface area contributed by atoms with Crippen molar-refractivity contribution in [2.75, 3.05) is 7.05 Å². The molecule has 2 N–H and O–H groups in total. The van der Waals surface area contributed by atoms with Gasteiger partial charge in [0.1, 0.15) is 6.54 Å². The topological polar surface area (TPSA) is 62.7 Å². The van der Waals surface area contributed by atoms with Crippen molar-refractivity contribution in [2.24, 2.45) is 0 Å². The molecule has 0 aliphatic heterocycles. The normalized spacial score (nSPS) is 10.9. The lowest BCUT2D eigenvalue weighted by atomic mass is 10.1. The first-order chi connectivity index (χ1) is 9.69.